The molecular weight excluding hydrogens is 396 g/mol. The van der Waals surface area contributed by atoms with E-state index in [-0.39, 0.29) is 28.6 Å². The van der Waals surface area contributed by atoms with Gasteiger partial charge in [0.2, 0.25) is 0 Å². The molecule has 0 radical (unpaired) electrons. The molecule has 0 aromatic heterocycles. The first-order chi connectivity index (χ1) is 14.4. The lowest BCUT2D eigenvalue weighted by atomic mass is 9.59. The maximum Gasteiger partial charge on any atom is 0.334 e. The van der Waals surface area contributed by atoms with Crippen molar-refractivity contribution in [3.8, 4) is 0 Å². The van der Waals surface area contributed by atoms with Crippen molar-refractivity contribution in [3.63, 3.8) is 0 Å². The average Bonchev–Trinajstić information content (AvgIpc) is 3.21. The molecule has 0 heterocycles. The second kappa shape index (κ2) is 6.87. The van der Waals surface area contributed by atoms with E-state index in [4.69, 9.17) is 4.74 Å². The number of hydrogen-bond acceptors (Lipinski definition) is 6. The predicted molar refractivity (Wildman–Crippen MR) is 115 cm³/mol. The highest BCUT2D eigenvalue weighted by Gasteiger charge is 2.76. The number of hydrogen-bond donors (Lipinski definition) is 3. The van der Waals surface area contributed by atoms with Gasteiger partial charge in [0.05, 0.1) is 12.0 Å². The molecular formula is C25H34O6. The summed E-state index contributed by atoms with van der Waals surface area (Å²) in [6.07, 6.45) is 3.04. The van der Waals surface area contributed by atoms with E-state index in [0.29, 0.717) is 17.1 Å². The minimum atomic E-state index is -2.08. The van der Waals surface area contributed by atoms with Crippen LogP contribution in [-0.2, 0) is 14.3 Å². The van der Waals surface area contributed by atoms with Gasteiger partial charge < -0.3 is 20.1 Å². The molecule has 2 bridgehead atoms. The Balaban J connectivity index is 1.91. The number of rotatable bonds is 3. The van der Waals surface area contributed by atoms with Crippen LogP contribution in [0, 0.1) is 34.5 Å². The van der Waals surface area contributed by atoms with E-state index in [1.807, 2.05) is 6.92 Å². The number of Topliss-reactive ketones (excluding diaryl/α,β-unsaturated/α-hetero) is 1. The third kappa shape index (κ3) is 2.61. The largest absolute Gasteiger partial charge is 0.451 e. The fourth-order valence-corrected chi connectivity index (χ4v) is 6.91. The summed E-state index contributed by atoms with van der Waals surface area (Å²) >= 11 is 0. The molecule has 31 heavy (non-hydrogen) atoms. The van der Waals surface area contributed by atoms with Crippen molar-refractivity contribution in [1.82, 2.24) is 0 Å². The van der Waals surface area contributed by atoms with Gasteiger partial charge in [-0.2, -0.15) is 0 Å². The fraction of sp³-hybridized carbons (Fsp3) is 0.680. The molecule has 4 aliphatic rings. The molecule has 8 atom stereocenters. The summed E-state index contributed by atoms with van der Waals surface area (Å²) in [4.78, 5) is 26.8. The molecule has 2 saturated carbocycles. The highest BCUT2D eigenvalue weighted by Crippen LogP contribution is 2.71. The van der Waals surface area contributed by atoms with E-state index >= 15 is 0 Å². The first-order valence-corrected chi connectivity index (χ1v) is 11.2. The van der Waals surface area contributed by atoms with Crippen LogP contribution in [0.4, 0.5) is 0 Å². The zero-order chi connectivity index (χ0) is 23.1. The van der Waals surface area contributed by atoms with E-state index in [2.05, 4.69) is 13.8 Å². The monoisotopic (exact) mass is 430 g/mol. The summed E-state index contributed by atoms with van der Waals surface area (Å²) in [5.74, 6) is -1.13. The Morgan fingerprint density at radius 3 is 2.58 bits per heavy atom. The summed E-state index contributed by atoms with van der Waals surface area (Å²) in [7, 11) is 0. The van der Waals surface area contributed by atoms with Gasteiger partial charge in [0.15, 0.2) is 17.5 Å². The number of ketones is 1. The van der Waals surface area contributed by atoms with Crippen LogP contribution in [0.25, 0.3) is 0 Å². The van der Waals surface area contributed by atoms with Gasteiger partial charge in [-0.1, -0.05) is 39.0 Å². The second-order valence-electron chi connectivity index (χ2n) is 10.6. The summed E-state index contributed by atoms with van der Waals surface area (Å²) in [5, 5.41) is 33.7. The molecule has 6 unspecified atom stereocenters. The Morgan fingerprint density at radius 2 is 2.00 bits per heavy atom. The first-order valence-electron chi connectivity index (χ1n) is 11.2. The molecule has 2 fully saturated rings. The van der Waals surface area contributed by atoms with Crippen LogP contribution in [0.3, 0.4) is 0 Å². The van der Waals surface area contributed by atoms with E-state index in [1.54, 1.807) is 39.0 Å². The Bertz CT molecular complexity index is 926. The van der Waals surface area contributed by atoms with Gasteiger partial charge in [0, 0.05) is 11.5 Å². The molecule has 6 heteroatoms. The Hall–Kier alpha value is -1.76. The van der Waals surface area contributed by atoms with E-state index in [9.17, 15) is 24.9 Å². The van der Waals surface area contributed by atoms with Gasteiger partial charge in [-0.3, -0.25) is 4.79 Å². The van der Waals surface area contributed by atoms with E-state index in [0.717, 1.165) is 6.42 Å². The van der Waals surface area contributed by atoms with E-state index in [1.165, 1.54) is 0 Å². The van der Waals surface area contributed by atoms with Crippen LogP contribution in [0.2, 0.25) is 0 Å². The molecule has 0 aliphatic heterocycles. The van der Waals surface area contributed by atoms with Crippen molar-refractivity contribution in [2.45, 2.75) is 65.8 Å². The lowest BCUT2D eigenvalue weighted by Gasteiger charge is -2.48. The number of carbonyl (C=O) groups excluding carboxylic acids is 2. The van der Waals surface area contributed by atoms with E-state index < -0.39 is 41.7 Å². The second-order valence-corrected chi connectivity index (χ2v) is 10.6. The van der Waals surface area contributed by atoms with Crippen LogP contribution >= 0.6 is 0 Å². The number of aliphatic hydroxyl groups is 3. The summed E-state index contributed by atoms with van der Waals surface area (Å²) in [6, 6.07) is 0. The van der Waals surface area contributed by atoms with Gasteiger partial charge in [-0.25, -0.2) is 4.79 Å². The van der Waals surface area contributed by atoms with Gasteiger partial charge in [0.25, 0.3) is 0 Å². The molecule has 4 rings (SSSR count). The minimum Gasteiger partial charge on any atom is -0.451 e. The van der Waals surface area contributed by atoms with Crippen LogP contribution in [0.1, 0.15) is 48.0 Å². The van der Waals surface area contributed by atoms with Crippen LogP contribution < -0.4 is 0 Å². The Morgan fingerprint density at radius 1 is 1.35 bits per heavy atom. The number of fused-ring (bicyclic) bond motifs is 3. The highest BCUT2D eigenvalue weighted by atomic mass is 16.6. The van der Waals surface area contributed by atoms with Crippen LogP contribution in [0.5, 0.6) is 0 Å². The summed E-state index contributed by atoms with van der Waals surface area (Å²) in [5.41, 5.74) is -2.36. The third-order valence-electron chi connectivity index (χ3n) is 8.88. The normalized spacial score (nSPS) is 45.6. The molecule has 170 valence electrons. The smallest absolute Gasteiger partial charge is 0.334 e. The van der Waals surface area contributed by atoms with Crippen molar-refractivity contribution < 1.29 is 29.6 Å². The molecule has 4 aliphatic carbocycles. The molecule has 1 spiro atoms. The highest BCUT2D eigenvalue weighted by molar-refractivity contribution is 5.96. The number of ether oxygens (including phenoxy) is 1. The lowest BCUT2D eigenvalue weighted by Crippen LogP contribution is -2.65. The molecule has 0 aromatic carbocycles. The number of aliphatic hydroxyl groups excluding tert-OH is 2. The van der Waals surface area contributed by atoms with Gasteiger partial charge in [-0.05, 0) is 61.5 Å². The molecule has 0 aromatic rings. The predicted octanol–water partition coefficient (Wildman–Crippen LogP) is 2.33. The van der Waals surface area contributed by atoms with Gasteiger partial charge in [0.1, 0.15) is 6.10 Å². The van der Waals surface area contributed by atoms with Crippen molar-refractivity contribution in [2.24, 2.45) is 34.5 Å². The molecule has 0 amide bonds. The molecule has 0 saturated heterocycles. The SMILES string of the molecule is C/C=C(/C)C(=O)OC1C(C)=CC23C(=O)C(C=C(CO)C(O)C12O)[C@@H]1C(C[C@H]3C)C1(C)C. The molecule has 3 N–H and O–H groups in total. The average molecular weight is 431 g/mol. The van der Waals surface area contributed by atoms with Gasteiger partial charge >= 0.3 is 5.97 Å². The minimum absolute atomic E-state index is 0.0209. The quantitative estimate of drug-likeness (QED) is 0.361. The zero-order valence-electron chi connectivity index (χ0n) is 19.2. The fourth-order valence-electron chi connectivity index (χ4n) is 6.91. The third-order valence-corrected chi connectivity index (χ3v) is 8.88. The van der Waals surface area contributed by atoms with Crippen LogP contribution in [-0.4, -0.2) is 51.5 Å². The zero-order valence-corrected chi connectivity index (χ0v) is 19.2. The van der Waals surface area contributed by atoms with Crippen molar-refractivity contribution in [2.75, 3.05) is 6.61 Å². The number of allylic oxidation sites excluding steroid dienone is 2. The van der Waals surface area contributed by atoms with Gasteiger partial charge in [-0.15, -0.1) is 0 Å². The summed E-state index contributed by atoms with van der Waals surface area (Å²) in [6.45, 7) is 10.8. The maximum absolute atomic E-state index is 14.2. The number of carbonyl (C=O) groups is 2. The topological polar surface area (TPSA) is 104 Å². The van der Waals surface area contributed by atoms with Crippen LogP contribution in [0.15, 0.2) is 34.9 Å². The first kappa shape index (κ1) is 22.4. The lowest BCUT2D eigenvalue weighted by molar-refractivity contribution is -0.201. The van der Waals surface area contributed by atoms with Crippen molar-refractivity contribution >= 4 is 11.8 Å². The standard InChI is InChI=1S/C25H34O6/c1-7-12(2)22(29)31-21-13(3)10-24-14(4)8-17-18(23(17,5)6)16(20(24)28)9-15(11-26)19(27)25(21,24)30/h7,9-10,14,16-19,21,26-27,30H,8,11H2,1-6H3/b12-7-/t14-,16?,17?,18-,19?,21?,24?,25?/m1/s1. The molecule has 6 nitrogen and oxygen atoms in total. The van der Waals surface area contributed by atoms with Crippen molar-refractivity contribution in [3.05, 3.63) is 34.9 Å². The number of esters is 1. The summed E-state index contributed by atoms with van der Waals surface area (Å²) < 4.78 is 5.72. The Labute approximate surface area is 183 Å². The maximum atomic E-state index is 14.2. The van der Waals surface area contributed by atoms with Crippen molar-refractivity contribution in [1.29, 1.82) is 0 Å². The Kier molecular flexibility index (Phi) is 4.97.